The maximum Gasteiger partial charge on any atom is 0.322 e. The topological polar surface area (TPSA) is 72.3 Å². The van der Waals surface area contributed by atoms with Crippen LogP contribution < -0.4 is 5.32 Å². The normalized spacial score (nSPS) is 16.4. The number of urea groups is 1. The molecule has 2 aromatic heterocycles. The molecule has 0 aliphatic carbocycles. The van der Waals surface area contributed by atoms with E-state index in [0.717, 1.165) is 36.4 Å². The summed E-state index contributed by atoms with van der Waals surface area (Å²) in [6, 6.07) is 9.53. The smallest absolute Gasteiger partial charge is 0.322 e. The van der Waals surface area contributed by atoms with Crippen LogP contribution in [0, 0.1) is 0 Å². The number of carbonyl (C=O) groups is 1. The monoisotopic (exact) mass is 383 g/mol. The van der Waals surface area contributed by atoms with Crippen LogP contribution >= 0.6 is 11.3 Å². The average molecular weight is 383 g/mol. The van der Waals surface area contributed by atoms with E-state index >= 15 is 0 Å². The van der Waals surface area contributed by atoms with Gasteiger partial charge in [-0.2, -0.15) is 11.3 Å². The van der Waals surface area contributed by atoms with Gasteiger partial charge in [-0.25, -0.2) is 4.79 Å². The molecule has 27 heavy (non-hydrogen) atoms. The zero-order chi connectivity index (χ0) is 18.5. The molecule has 4 rings (SSSR count). The van der Waals surface area contributed by atoms with E-state index in [9.17, 15) is 4.79 Å². The van der Waals surface area contributed by atoms with Crippen molar-refractivity contribution in [3.8, 4) is 5.69 Å². The standard InChI is InChI=1S/C19H21N5O2S/c25-19(22-16-3-1-4-17(9-16)24-13-20-21-14-24)23(10-15-6-8-27-12-15)11-18-5-2-7-26-18/h1,3-4,6,8-9,12-14,18H,2,5,7,10-11H2,(H,22,25). The number of amides is 2. The number of benzene rings is 1. The van der Waals surface area contributed by atoms with Crippen molar-refractivity contribution in [1.29, 1.82) is 0 Å². The van der Waals surface area contributed by atoms with Gasteiger partial charge in [-0.1, -0.05) is 6.07 Å². The zero-order valence-electron chi connectivity index (χ0n) is 14.8. The molecule has 1 aliphatic rings. The molecule has 1 aliphatic heterocycles. The fraction of sp³-hybridized carbons (Fsp3) is 0.316. The molecule has 1 saturated heterocycles. The Morgan fingerprint density at radius 3 is 2.96 bits per heavy atom. The largest absolute Gasteiger partial charge is 0.376 e. The third kappa shape index (κ3) is 4.53. The minimum Gasteiger partial charge on any atom is -0.376 e. The van der Waals surface area contributed by atoms with Gasteiger partial charge in [0.05, 0.1) is 11.8 Å². The Morgan fingerprint density at radius 1 is 1.33 bits per heavy atom. The Kier molecular flexibility index (Phi) is 5.45. The molecule has 0 radical (unpaired) electrons. The van der Waals surface area contributed by atoms with Gasteiger partial charge in [0, 0.05) is 25.4 Å². The first kappa shape index (κ1) is 17.7. The average Bonchev–Trinajstić information content (AvgIpc) is 3.45. The molecule has 1 unspecified atom stereocenters. The van der Waals surface area contributed by atoms with Gasteiger partial charge in [0.25, 0.3) is 0 Å². The number of ether oxygens (including phenoxy) is 1. The number of nitrogens with zero attached hydrogens (tertiary/aromatic N) is 4. The predicted octanol–water partition coefficient (Wildman–Crippen LogP) is 3.54. The highest BCUT2D eigenvalue weighted by Gasteiger charge is 2.23. The van der Waals surface area contributed by atoms with E-state index in [1.807, 2.05) is 40.6 Å². The lowest BCUT2D eigenvalue weighted by Gasteiger charge is -2.25. The van der Waals surface area contributed by atoms with Gasteiger partial charge in [-0.3, -0.25) is 4.57 Å². The number of nitrogens with one attached hydrogen (secondary N) is 1. The fourth-order valence-corrected chi connectivity index (χ4v) is 3.80. The molecule has 1 fully saturated rings. The van der Waals surface area contributed by atoms with Crippen LogP contribution in [0.25, 0.3) is 5.69 Å². The molecule has 8 heteroatoms. The van der Waals surface area contributed by atoms with Crippen LogP contribution in [0.2, 0.25) is 0 Å². The van der Waals surface area contributed by atoms with Crippen LogP contribution in [-0.4, -0.2) is 45.0 Å². The summed E-state index contributed by atoms with van der Waals surface area (Å²) in [5.74, 6) is 0. The minimum absolute atomic E-state index is 0.109. The van der Waals surface area contributed by atoms with E-state index < -0.39 is 0 Å². The van der Waals surface area contributed by atoms with E-state index in [0.29, 0.717) is 13.1 Å². The summed E-state index contributed by atoms with van der Waals surface area (Å²) in [6.45, 7) is 1.94. The molecule has 0 bridgehead atoms. The van der Waals surface area contributed by atoms with Crippen LogP contribution in [0.4, 0.5) is 10.5 Å². The summed E-state index contributed by atoms with van der Waals surface area (Å²) < 4.78 is 7.53. The molecular weight excluding hydrogens is 362 g/mol. The van der Waals surface area contributed by atoms with Gasteiger partial charge in [0.2, 0.25) is 0 Å². The summed E-state index contributed by atoms with van der Waals surface area (Å²) in [6.07, 6.45) is 5.41. The van der Waals surface area contributed by atoms with Gasteiger partial charge in [0.1, 0.15) is 12.7 Å². The SMILES string of the molecule is O=C(Nc1cccc(-n2cnnc2)c1)N(Cc1ccsc1)CC1CCCO1. The van der Waals surface area contributed by atoms with Crippen LogP contribution in [0.5, 0.6) is 0 Å². The van der Waals surface area contributed by atoms with Crippen molar-refractivity contribution < 1.29 is 9.53 Å². The summed E-state index contributed by atoms with van der Waals surface area (Å²) >= 11 is 1.64. The Bertz CT molecular complexity index is 860. The van der Waals surface area contributed by atoms with Gasteiger partial charge >= 0.3 is 6.03 Å². The summed E-state index contributed by atoms with van der Waals surface area (Å²) in [7, 11) is 0. The number of thiophene rings is 1. The van der Waals surface area contributed by atoms with Crippen molar-refractivity contribution in [1.82, 2.24) is 19.7 Å². The number of hydrogen-bond donors (Lipinski definition) is 1. The highest BCUT2D eigenvalue weighted by Crippen LogP contribution is 2.19. The second-order valence-corrected chi connectivity index (χ2v) is 7.28. The Labute approximate surface area is 161 Å². The number of anilines is 1. The maximum atomic E-state index is 13.0. The molecule has 0 saturated carbocycles. The molecule has 140 valence electrons. The lowest BCUT2D eigenvalue weighted by Crippen LogP contribution is -2.39. The van der Waals surface area contributed by atoms with Crippen molar-refractivity contribution in [2.45, 2.75) is 25.5 Å². The van der Waals surface area contributed by atoms with Crippen molar-refractivity contribution in [2.24, 2.45) is 0 Å². The van der Waals surface area contributed by atoms with E-state index in [4.69, 9.17) is 4.74 Å². The Morgan fingerprint density at radius 2 is 2.22 bits per heavy atom. The summed E-state index contributed by atoms with van der Waals surface area (Å²) in [5, 5.41) is 14.8. The van der Waals surface area contributed by atoms with Crippen LogP contribution in [-0.2, 0) is 11.3 Å². The Balaban J connectivity index is 1.48. The van der Waals surface area contributed by atoms with E-state index in [1.165, 1.54) is 0 Å². The third-order valence-corrected chi connectivity index (χ3v) is 5.24. The molecule has 1 N–H and O–H groups in total. The third-order valence-electron chi connectivity index (χ3n) is 4.50. The first-order chi connectivity index (χ1) is 13.3. The molecule has 1 aromatic carbocycles. The van der Waals surface area contributed by atoms with E-state index in [1.54, 1.807) is 28.6 Å². The second-order valence-electron chi connectivity index (χ2n) is 6.50. The molecule has 3 aromatic rings. The van der Waals surface area contributed by atoms with Gasteiger partial charge in [0.15, 0.2) is 0 Å². The zero-order valence-corrected chi connectivity index (χ0v) is 15.6. The maximum absolute atomic E-state index is 13.0. The highest BCUT2D eigenvalue weighted by atomic mass is 32.1. The number of hydrogen-bond acceptors (Lipinski definition) is 5. The highest BCUT2D eigenvalue weighted by molar-refractivity contribution is 7.07. The molecule has 7 nitrogen and oxygen atoms in total. The van der Waals surface area contributed by atoms with Crippen molar-refractivity contribution in [3.63, 3.8) is 0 Å². The first-order valence-corrected chi connectivity index (χ1v) is 9.86. The molecular formula is C19H21N5O2S. The van der Waals surface area contributed by atoms with Crippen LogP contribution in [0.3, 0.4) is 0 Å². The molecule has 3 heterocycles. The minimum atomic E-state index is -0.127. The number of rotatable bonds is 6. The molecule has 2 amide bonds. The van der Waals surface area contributed by atoms with Crippen molar-refractivity contribution >= 4 is 23.1 Å². The van der Waals surface area contributed by atoms with Gasteiger partial charge in [-0.05, 0) is 53.4 Å². The number of carbonyl (C=O) groups excluding carboxylic acids is 1. The Hall–Kier alpha value is -2.71. The van der Waals surface area contributed by atoms with Gasteiger partial charge < -0.3 is 15.0 Å². The second kappa shape index (κ2) is 8.32. The fourth-order valence-electron chi connectivity index (χ4n) is 3.14. The lowest BCUT2D eigenvalue weighted by atomic mass is 10.2. The van der Waals surface area contributed by atoms with Crippen molar-refractivity contribution in [2.75, 3.05) is 18.5 Å². The van der Waals surface area contributed by atoms with E-state index in [2.05, 4.69) is 20.9 Å². The predicted molar refractivity (Wildman–Crippen MR) is 104 cm³/mol. The van der Waals surface area contributed by atoms with Crippen molar-refractivity contribution in [3.05, 3.63) is 59.3 Å². The molecule has 0 spiro atoms. The van der Waals surface area contributed by atoms with Crippen LogP contribution in [0.1, 0.15) is 18.4 Å². The first-order valence-electron chi connectivity index (χ1n) is 8.91. The van der Waals surface area contributed by atoms with Crippen LogP contribution in [0.15, 0.2) is 53.7 Å². The summed E-state index contributed by atoms with van der Waals surface area (Å²) in [4.78, 5) is 14.8. The number of aromatic nitrogens is 3. The summed E-state index contributed by atoms with van der Waals surface area (Å²) in [5.41, 5.74) is 2.75. The van der Waals surface area contributed by atoms with E-state index in [-0.39, 0.29) is 12.1 Å². The van der Waals surface area contributed by atoms with Gasteiger partial charge in [-0.15, -0.1) is 10.2 Å². The quantitative estimate of drug-likeness (QED) is 0.707. The lowest BCUT2D eigenvalue weighted by molar-refractivity contribution is 0.0819. The molecule has 1 atom stereocenters.